The number of aromatic nitrogens is 2. The number of alkyl halides is 3. The maximum absolute atomic E-state index is 15.1. The summed E-state index contributed by atoms with van der Waals surface area (Å²) in [6, 6.07) is 8.05. The molecular weight excluding hydrogens is 530 g/mol. The Balaban J connectivity index is 0.00000361. The maximum Gasteiger partial charge on any atom is 0.534 e. The fourth-order valence-corrected chi connectivity index (χ4v) is 3.98. The van der Waals surface area contributed by atoms with Crippen molar-refractivity contribution in [3.63, 3.8) is 0 Å². The van der Waals surface area contributed by atoms with Crippen molar-refractivity contribution in [3.8, 4) is 16.9 Å². The fourth-order valence-electron chi connectivity index (χ4n) is 3.52. The Morgan fingerprint density at radius 1 is 1.03 bits per heavy atom. The predicted octanol–water partition coefficient (Wildman–Crippen LogP) is 2.96. The lowest BCUT2D eigenvalue weighted by Crippen LogP contribution is -2.41. The molecule has 15 heteroatoms. The number of likely N-dealkylation sites (N-methyl/N-ethyl adjacent to an activating group) is 1. The van der Waals surface area contributed by atoms with Crippen molar-refractivity contribution in [1.29, 1.82) is 0 Å². The van der Waals surface area contributed by atoms with Crippen molar-refractivity contribution in [3.05, 3.63) is 78.1 Å². The molecular formula is C21H16ClF4N5O4S. The molecule has 2 aromatic carbocycles. The molecule has 0 radical (unpaired) electrons. The highest BCUT2D eigenvalue weighted by Crippen LogP contribution is 2.41. The lowest BCUT2D eigenvalue weighted by Gasteiger charge is -2.26. The van der Waals surface area contributed by atoms with Crippen LogP contribution in [-0.2, 0) is 20.5 Å². The Kier molecular flexibility index (Phi) is 6.97. The summed E-state index contributed by atoms with van der Waals surface area (Å²) in [7, 11) is -4.55. The first-order valence-electron chi connectivity index (χ1n) is 9.67. The van der Waals surface area contributed by atoms with Gasteiger partial charge < -0.3 is 9.92 Å². The van der Waals surface area contributed by atoms with Crippen molar-refractivity contribution in [1.82, 2.24) is 14.9 Å². The molecule has 1 atom stereocenters. The minimum atomic E-state index is -5.90. The van der Waals surface area contributed by atoms with Gasteiger partial charge in [-0.2, -0.15) is 21.6 Å². The van der Waals surface area contributed by atoms with Crippen LogP contribution in [0.1, 0.15) is 11.1 Å². The number of hydrogen-bond donors (Lipinski definition) is 1. The number of halogens is 5. The van der Waals surface area contributed by atoms with E-state index >= 15 is 4.39 Å². The van der Waals surface area contributed by atoms with E-state index in [0.717, 1.165) is 35.2 Å². The van der Waals surface area contributed by atoms with Gasteiger partial charge in [0.2, 0.25) is 0 Å². The Morgan fingerprint density at radius 3 is 2.11 bits per heavy atom. The molecule has 36 heavy (non-hydrogen) atoms. The van der Waals surface area contributed by atoms with Crippen LogP contribution in [0.4, 0.5) is 17.6 Å². The van der Waals surface area contributed by atoms with Crippen molar-refractivity contribution in [2.45, 2.75) is 11.0 Å². The van der Waals surface area contributed by atoms with E-state index in [0.29, 0.717) is 5.56 Å². The number of guanidine groups is 1. The van der Waals surface area contributed by atoms with Gasteiger partial charge in [-0.15, -0.1) is 12.4 Å². The molecule has 0 spiro atoms. The van der Waals surface area contributed by atoms with Gasteiger partial charge in [0.1, 0.15) is 17.9 Å². The van der Waals surface area contributed by atoms with E-state index in [1.807, 2.05) is 0 Å². The van der Waals surface area contributed by atoms with Gasteiger partial charge in [0, 0.05) is 30.6 Å². The monoisotopic (exact) mass is 545 g/mol. The first-order chi connectivity index (χ1) is 16.4. The summed E-state index contributed by atoms with van der Waals surface area (Å²) in [6.07, 6.45) is 4.08. The van der Waals surface area contributed by atoms with Gasteiger partial charge in [-0.05, 0) is 29.3 Å². The molecule has 1 aromatic heterocycles. The van der Waals surface area contributed by atoms with Crippen molar-refractivity contribution in [2.75, 3.05) is 7.05 Å². The third kappa shape index (κ3) is 4.44. The zero-order valence-electron chi connectivity index (χ0n) is 18.1. The van der Waals surface area contributed by atoms with E-state index in [9.17, 15) is 26.4 Å². The number of benzene rings is 2. The average Bonchev–Trinajstić information content (AvgIpc) is 3.04. The molecule has 0 bridgehead atoms. The van der Waals surface area contributed by atoms with Gasteiger partial charge in [-0.1, -0.05) is 24.3 Å². The molecule has 1 aliphatic rings. The SMILES string of the molecule is CN1C(=O)C(c2ccc(OS(=O)(=O)C(F)(F)F)cc2)(c2ccc(-c3cncnc3)c(F)c2)N=C1N.Cl. The first-order valence-corrected chi connectivity index (χ1v) is 11.1. The van der Waals surface area contributed by atoms with E-state index in [1.165, 1.54) is 37.9 Å². The zero-order valence-corrected chi connectivity index (χ0v) is 19.7. The topological polar surface area (TPSA) is 128 Å². The van der Waals surface area contributed by atoms with Crippen LogP contribution in [0.25, 0.3) is 11.1 Å². The number of nitrogens with zero attached hydrogens (tertiary/aromatic N) is 4. The number of rotatable bonds is 5. The molecule has 1 amide bonds. The summed E-state index contributed by atoms with van der Waals surface area (Å²) < 4.78 is 79.6. The fraction of sp³-hybridized carbons (Fsp3) is 0.143. The molecule has 3 aromatic rings. The van der Waals surface area contributed by atoms with Crippen LogP contribution in [0.3, 0.4) is 0 Å². The predicted molar refractivity (Wildman–Crippen MR) is 122 cm³/mol. The van der Waals surface area contributed by atoms with Crippen LogP contribution in [0.2, 0.25) is 0 Å². The van der Waals surface area contributed by atoms with Crippen molar-refractivity contribution < 1.29 is 35.0 Å². The summed E-state index contributed by atoms with van der Waals surface area (Å²) in [5, 5.41) is 0. The number of carbonyl (C=O) groups is 1. The highest BCUT2D eigenvalue weighted by Gasteiger charge is 2.50. The Labute approximate surface area is 208 Å². The van der Waals surface area contributed by atoms with Gasteiger partial charge in [-0.25, -0.2) is 19.4 Å². The molecule has 1 unspecified atom stereocenters. The summed E-state index contributed by atoms with van der Waals surface area (Å²) in [5.41, 5.74) is -0.956. The Bertz CT molecular complexity index is 1440. The second-order valence-electron chi connectivity index (χ2n) is 7.37. The lowest BCUT2D eigenvalue weighted by atomic mass is 9.82. The van der Waals surface area contributed by atoms with Crippen LogP contribution in [0, 0.1) is 5.82 Å². The molecule has 0 fully saturated rings. The van der Waals surface area contributed by atoms with Crippen molar-refractivity contribution in [2.24, 2.45) is 10.7 Å². The minimum Gasteiger partial charge on any atom is -0.376 e. The molecule has 2 heterocycles. The summed E-state index contributed by atoms with van der Waals surface area (Å²) in [6.45, 7) is 0. The van der Waals surface area contributed by atoms with E-state index in [-0.39, 0.29) is 35.1 Å². The van der Waals surface area contributed by atoms with Gasteiger partial charge in [0.05, 0.1) is 0 Å². The number of nitrogens with two attached hydrogens (primary N) is 1. The van der Waals surface area contributed by atoms with E-state index in [1.54, 1.807) is 0 Å². The quantitative estimate of drug-likeness (QED) is 0.296. The second kappa shape index (κ2) is 9.35. The van der Waals surface area contributed by atoms with Gasteiger partial charge in [0.15, 0.2) is 11.5 Å². The van der Waals surface area contributed by atoms with Gasteiger partial charge >= 0.3 is 15.6 Å². The normalized spacial score (nSPS) is 18.0. The van der Waals surface area contributed by atoms with E-state index in [4.69, 9.17) is 5.73 Å². The first kappa shape index (κ1) is 26.8. The number of carbonyl (C=O) groups excluding carboxylic acids is 1. The standard InChI is InChI=1S/C21H15F4N5O4S.ClH/c1-30-18(31)20(29-19(30)26,13-2-5-15(6-3-13)34-35(32,33)21(23,24)25)14-4-7-16(17(22)8-14)12-9-27-11-28-10-12;/h2-11H,1H3,(H2,26,29);1H. The van der Waals surface area contributed by atoms with Gasteiger partial charge in [-0.3, -0.25) is 9.69 Å². The lowest BCUT2D eigenvalue weighted by molar-refractivity contribution is -0.129. The highest BCUT2D eigenvalue weighted by atomic mass is 35.5. The molecule has 0 aliphatic carbocycles. The molecule has 0 saturated heterocycles. The van der Waals surface area contributed by atoms with E-state index < -0.39 is 38.6 Å². The molecule has 1 aliphatic heterocycles. The largest absolute Gasteiger partial charge is 0.534 e. The number of hydrogen-bond acceptors (Lipinski definition) is 8. The summed E-state index contributed by atoms with van der Waals surface area (Å²) >= 11 is 0. The molecule has 190 valence electrons. The maximum atomic E-state index is 15.1. The zero-order chi connectivity index (χ0) is 25.6. The van der Waals surface area contributed by atoms with E-state index in [2.05, 4.69) is 19.1 Å². The van der Waals surface area contributed by atoms with Crippen LogP contribution in [-0.4, -0.2) is 47.7 Å². The van der Waals surface area contributed by atoms with Crippen LogP contribution in [0.5, 0.6) is 5.75 Å². The van der Waals surface area contributed by atoms with Crippen molar-refractivity contribution >= 4 is 34.4 Å². The number of aliphatic imine (C=N–C) groups is 1. The Morgan fingerprint density at radius 2 is 1.61 bits per heavy atom. The van der Waals surface area contributed by atoms with Crippen LogP contribution < -0.4 is 9.92 Å². The van der Waals surface area contributed by atoms with Gasteiger partial charge in [0.25, 0.3) is 5.91 Å². The average molecular weight is 546 g/mol. The molecule has 9 nitrogen and oxygen atoms in total. The van der Waals surface area contributed by atoms with Crippen LogP contribution in [0.15, 0.2) is 66.2 Å². The summed E-state index contributed by atoms with van der Waals surface area (Å²) in [4.78, 5) is 26.2. The molecule has 0 saturated carbocycles. The Hall–Kier alpha value is -3.78. The third-order valence-corrected chi connectivity index (χ3v) is 6.24. The minimum absolute atomic E-state index is 0. The highest BCUT2D eigenvalue weighted by molar-refractivity contribution is 7.88. The molecule has 4 rings (SSSR count). The van der Waals surface area contributed by atoms with Crippen LogP contribution >= 0.6 is 12.4 Å². The second-order valence-corrected chi connectivity index (χ2v) is 8.91. The smallest absolute Gasteiger partial charge is 0.376 e. The summed E-state index contributed by atoms with van der Waals surface area (Å²) in [5.74, 6) is -2.22. The third-order valence-electron chi connectivity index (χ3n) is 5.26. The number of amides is 1. The molecule has 2 N–H and O–H groups in total.